The summed E-state index contributed by atoms with van der Waals surface area (Å²) in [6.45, 7) is 0.509. The van der Waals surface area contributed by atoms with Crippen molar-refractivity contribution >= 4 is 31.7 Å². The molecule has 1 aliphatic heterocycles. The molecule has 12 heteroatoms. The van der Waals surface area contributed by atoms with E-state index in [0.717, 1.165) is 24.3 Å². The molecule has 2 unspecified atom stereocenters. The molecular formula is C20H23F3O6S3. The molecule has 178 valence electrons. The Morgan fingerprint density at radius 2 is 1.62 bits per heavy atom. The molecule has 0 radical (unpaired) electrons. The number of ether oxygens (including phenoxy) is 1. The van der Waals surface area contributed by atoms with Gasteiger partial charge in [0.15, 0.2) is 9.84 Å². The standard InChI is InChI=1S/C19H19F3O3S2.CH4O3S/c1-27(23,24)17-7-5-13(6-8-17)18-12-16(9-10-25-18)26-15-4-2-3-14(11-15)19(20,21)22;1-5(2,3)4/h2-8,11,16,18H,9-10,12H2,1H3;1H3,(H,2,3,4). The van der Waals surface area contributed by atoms with E-state index in [1.54, 1.807) is 30.3 Å². The second kappa shape index (κ2) is 10.6. The molecule has 1 aliphatic rings. The summed E-state index contributed by atoms with van der Waals surface area (Å²) in [5.74, 6) is 0. The van der Waals surface area contributed by atoms with Gasteiger partial charge in [0.25, 0.3) is 10.1 Å². The molecule has 2 aromatic carbocycles. The van der Waals surface area contributed by atoms with Gasteiger partial charge in [-0.15, -0.1) is 11.8 Å². The molecule has 0 spiro atoms. The lowest BCUT2D eigenvalue weighted by molar-refractivity contribution is -0.137. The van der Waals surface area contributed by atoms with Crippen LogP contribution in [0.2, 0.25) is 0 Å². The number of hydrogen-bond acceptors (Lipinski definition) is 6. The number of sulfone groups is 1. The molecule has 6 nitrogen and oxygen atoms in total. The summed E-state index contributed by atoms with van der Waals surface area (Å²) < 4.78 is 93.4. The zero-order chi connectivity index (χ0) is 24.2. The minimum absolute atomic E-state index is 0.127. The van der Waals surface area contributed by atoms with E-state index in [4.69, 9.17) is 9.29 Å². The largest absolute Gasteiger partial charge is 0.416 e. The number of rotatable bonds is 4. The summed E-state index contributed by atoms with van der Waals surface area (Å²) >= 11 is 1.42. The molecule has 2 atom stereocenters. The van der Waals surface area contributed by atoms with E-state index < -0.39 is 31.7 Å². The second-order valence-corrected chi connectivity index (χ2v) is 12.1. The highest BCUT2D eigenvalue weighted by Crippen LogP contribution is 2.39. The van der Waals surface area contributed by atoms with Crippen LogP contribution in [0.25, 0.3) is 0 Å². The zero-order valence-electron chi connectivity index (χ0n) is 17.2. The van der Waals surface area contributed by atoms with Crippen molar-refractivity contribution in [2.75, 3.05) is 19.1 Å². The molecule has 0 bridgehead atoms. The number of halogens is 3. The Hall–Kier alpha value is -1.60. The van der Waals surface area contributed by atoms with Crippen LogP contribution in [0.5, 0.6) is 0 Å². The summed E-state index contributed by atoms with van der Waals surface area (Å²) in [5.41, 5.74) is 0.226. The number of alkyl halides is 3. The molecule has 2 aromatic rings. The van der Waals surface area contributed by atoms with Gasteiger partial charge in [-0.2, -0.15) is 21.6 Å². The van der Waals surface area contributed by atoms with Crippen LogP contribution < -0.4 is 0 Å². The number of hydrogen-bond donors (Lipinski definition) is 1. The van der Waals surface area contributed by atoms with Crippen LogP contribution in [0, 0.1) is 0 Å². The maximum absolute atomic E-state index is 12.9. The van der Waals surface area contributed by atoms with E-state index in [1.165, 1.54) is 23.9 Å². The predicted molar refractivity (Wildman–Crippen MR) is 116 cm³/mol. The van der Waals surface area contributed by atoms with Crippen molar-refractivity contribution in [3.05, 3.63) is 59.7 Å². The van der Waals surface area contributed by atoms with Gasteiger partial charge < -0.3 is 4.74 Å². The highest BCUT2D eigenvalue weighted by molar-refractivity contribution is 8.00. The third-order valence-corrected chi connectivity index (χ3v) is 6.80. The normalized spacial score (nSPS) is 19.7. The van der Waals surface area contributed by atoms with Gasteiger partial charge in [0.1, 0.15) is 0 Å². The minimum atomic E-state index is -4.35. The molecule has 32 heavy (non-hydrogen) atoms. The summed E-state index contributed by atoms with van der Waals surface area (Å²) in [7, 11) is -6.92. The fraction of sp³-hybridized carbons (Fsp3) is 0.400. The first-order valence-corrected chi connectivity index (χ1v) is 13.9. The Balaban J connectivity index is 0.000000654. The molecular weight excluding hydrogens is 489 g/mol. The molecule has 0 aromatic heterocycles. The van der Waals surface area contributed by atoms with Gasteiger partial charge in [-0.1, -0.05) is 18.2 Å². The molecule has 3 rings (SSSR count). The second-order valence-electron chi connectivity index (χ2n) is 7.22. The van der Waals surface area contributed by atoms with Crippen LogP contribution in [0.3, 0.4) is 0 Å². The van der Waals surface area contributed by atoms with E-state index in [9.17, 15) is 30.0 Å². The van der Waals surface area contributed by atoms with Gasteiger partial charge in [0.05, 0.1) is 22.8 Å². The molecule has 1 heterocycles. The van der Waals surface area contributed by atoms with Crippen LogP contribution in [0.4, 0.5) is 13.2 Å². The Morgan fingerprint density at radius 3 is 2.16 bits per heavy atom. The van der Waals surface area contributed by atoms with Crippen LogP contribution in [0.1, 0.15) is 30.1 Å². The third kappa shape index (κ3) is 9.10. The minimum Gasteiger partial charge on any atom is -0.373 e. The Morgan fingerprint density at radius 1 is 1.03 bits per heavy atom. The monoisotopic (exact) mass is 512 g/mol. The fourth-order valence-corrected chi connectivity index (χ4v) is 4.83. The Bertz CT molecular complexity index is 1110. The Kier molecular flexibility index (Phi) is 8.79. The van der Waals surface area contributed by atoms with Gasteiger partial charge in [0.2, 0.25) is 0 Å². The summed E-state index contributed by atoms with van der Waals surface area (Å²) in [4.78, 5) is 0.833. The summed E-state index contributed by atoms with van der Waals surface area (Å²) in [6, 6.07) is 11.9. The molecule has 1 saturated heterocycles. The van der Waals surface area contributed by atoms with Gasteiger partial charge in [-0.3, -0.25) is 4.55 Å². The van der Waals surface area contributed by atoms with Crippen molar-refractivity contribution in [3.63, 3.8) is 0 Å². The van der Waals surface area contributed by atoms with Crippen molar-refractivity contribution in [2.24, 2.45) is 0 Å². The number of benzene rings is 2. The van der Waals surface area contributed by atoms with Crippen LogP contribution in [-0.2, 0) is 30.9 Å². The van der Waals surface area contributed by atoms with Crippen molar-refractivity contribution < 1.29 is 39.3 Å². The average molecular weight is 513 g/mol. The SMILES string of the molecule is CS(=O)(=O)O.CS(=O)(=O)c1ccc(C2CC(Sc3cccc(C(F)(F)F)c3)CCO2)cc1. The molecule has 0 saturated carbocycles. The van der Waals surface area contributed by atoms with Gasteiger partial charge >= 0.3 is 6.18 Å². The van der Waals surface area contributed by atoms with E-state index in [1.807, 2.05) is 0 Å². The van der Waals surface area contributed by atoms with Crippen LogP contribution in [0.15, 0.2) is 58.3 Å². The highest BCUT2D eigenvalue weighted by Gasteiger charge is 2.31. The van der Waals surface area contributed by atoms with E-state index in [-0.39, 0.29) is 16.2 Å². The highest BCUT2D eigenvalue weighted by atomic mass is 32.2. The first-order valence-electron chi connectivity index (χ1n) is 9.31. The fourth-order valence-electron chi connectivity index (χ4n) is 2.97. The lowest BCUT2D eigenvalue weighted by atomic mass is 10.0. The maximum atomic E-state index is 12.9. The van der Waals surface area contributed by atoms with Crippen molar-refractivity contribution in [3.8, 4) is 0 Å². The summed E-state index contributed by atoms with van der Waals surface area (Å²) in [5, 5.41) is 0.127. The van der Waals surface area contributed by atoms with Crippen molar-refractivity contribution in [2.45, 2.75) is 40.2 Å². The first-order chi connectivity index (χ1) is 14.6. The third-order valence-electron chi connectivity index (χ3n) is 4.38. The van der Waals surface area contributed by atoms with E-state index >= 15 is 0 Å². The zero-order valence-corrected chi connectivity index (χ0v) is 19.7. The lowest BCUT2D eigenvalue weighted by Gasteiger charge is -2.29. The molecule has 0 amide bonds. The predicted octanol–water partition coefficient (Wildman–Crippen LogP) is 4.63. The molecule has 0 aliphatic carbocycles. The van der Waals surface area contributed by atoms with Gasteiger partial charge in [0, 0.05) is 23.0 Å². The lowest BCUT2D eigenvalue weighted by Crippen LogP contribution is -2.21. The van der Waals surface area contributed by atoms with Gasteiger partial charge in [-0.25, -0.2) is 8.42 Å². The number of thioether (sulfide) groups is 1. The summed E-state index contributed by atoms with van der Waals surface area (Å²) in [6.07, 6.45) is -1.28. The molecule has 1 N–H and O–H groups in total. The smallest absolute Gasteiger partial charge is 0.373 e. The quantitative estimate of drug-likeness (QED) is 0.597. The topological polar surface area (TPSA) is 97.7 Å². The van der Waals surface area contributed by atoms with E-state index in [0.29, 0.717) is 24.2 Å². The van der Waals surface area contributed by atoms with Gasteiger partial charge in [-0.05, 0) is 48.7 Å². The molecule has 1 fully saturated rings. The maximum Gasteiger partial charge on any atom is 0.416 e. The van der Waals surface area contributed by atoms with Crippen molar-refractivity contribution in [1.29, 1.82) is 0 Å². The average Bonchev–Trinajstić information content (AvgIpc) is 2.66. The van der Waals surface area contributed by atoms with Crippen LogP contribution >= 0.6 is 11.8 Å². The van der Waals surface area contributed by atoms with Crippen LogP contribution in [-0.4, -0.2) is 45.8 Å². The first kappa shape index (κ1) is 26.7. The van der Waals surface area contributed by atoms with Crippen molar-refractivity contribution in [1.82, 2.24) is 0 Å². The Labute approximate surface area is 189 Å². The van der Waals surface area contributed by atoms with E-state index in [2.05, 4.69) is 0 Å².